The van der Waals surface area contributed by atoms with Crippen LogP contribution in [0.5, 0.6) is 0 Å². The van der Waals surface area contributed by atoms with Crippen LogP contribution in [-0.4, -0.2) is 24.4 Å². The summed E-state index contributed by atoms with van der Waals surface area (Å²) in [4.78, 5) is 11.6. The summed E-state index contributed by atoms with van der Waals surface area (Å²) in [6.07, 6.45) is -1.09. The number of amides is 1. The molecule has 1 unspecified atom stereocenters. The second-order valence-corrected chi connectivity index (χ2v) is 10.3. The number of hydrogen-bond acceptors (Lipinski definition) is 4. The van der Waals surface area contributed by atoms with E-state index in [1.165, 1.54) is 0 Å². The molecule has 3 rings (SSSR count). The Morgan fingerprint density at radius 1 is 1.19 bits per heavy atom. The first-order chi connectivity index (χ1) is 14.2. The predicted octanol–water partition coefficient (Wildman–Crippen LogP) is 5.02. The molecule has 1 aliphatic heterocycles. The topological polar surface area (TPSA) is 70.8 Å². The van der Waals surface area contributed by atoms with Gasteiger partial charge in [-0.3, -0.25) is 0 Å². The molecule has 0 saturated carbocycles. The van der Waals surface area contributed by atoms with Gasteiger partial charge in [-0.05, 0) is 50.5 Å². The van der Waals surface area contributed by atoms with Crippen molar-refractivity contribution in [2.24, 2.45) is 11.1 Å². The van der Waals surface area contributed by atoms with Gasteiger partial charge in [-0.25, -0.2) is 9.18 Å². The third-order valence-electron chi connectivity index (χ3n) is 6.43. The van der Waals surface area contributed by atoms with E-state index in [2.05, 4.69) is 0 Å². The monoisotopic (exact) mass is 429 g/mol. The molecule has 0 radical (unpaired) electrons. The van der Waals surface area contributed by atoms with Gasteiger partial charge in [0.25, 0.3) is 0 Å². The molecule has 168 valence electrons. The summed E-state index contributed by atoms with van der Waals surface area (Å²) in [6.45, 7) is 15.6. The lowest BCUT2D eigenvalue weighted by atomic mass is 9.72. The third kappa shape index (κ3) is 4.18. The zero-order valence-corrected chi connectivity index (χ0v) is 19.8. The van der Waals surface area contributed by atoms with E-state index in [0.29, 0.717) is 5.39 Å². The number of fused-ring (bicyclic) bond motifs is 1. The number of rotatable bonds is 4. The van der Waals surface area contributed by atoms with Gasteiger partial charge in [0.2, 0.25) is 0 Å². The highest BCUT2D eigenvalue weighted by Crippen LogP contribution is 2.41. The van der Waals surface area contributed by atoms with E-state index in [0.717, 1.165) is 22.8 Å². The van der Waals surface area contributed by atoms with Crippen molar-refractivity contribution in [3.8, 4) is 0 Å². The quantitative estimate of drug-likeness (QED) is 0.693. The van der Waals surface area contributed by atoms with Crippen molar-refractivity contribution in [3.63, 3.8) is 0 Å². The summed E-state index contributed by atoms with van der Waals surface area (Å²) in [5.41, 5.74) is 5.64. The van der Waals surface area contributed by atoms with Crippen molar-refractivity contribution < 1.29 is 23.2 Å². The molecule has 1 aliphatic rings. The largest absolute Gasteiger partial charge is 0.495 e. The zero-order chi connectivity index (χ0) is 23.4. The molecular weight excluding hydrogens is 396 g/mol. The van der Waals surface area contributed by atoms with Crippen molar-refractivity contribution >= 4 is 29.4 Å². The molecule has 0 aromatic heterocycles. The molecule has 2 aromatic carbocycles. The Balaban J connectivity index is 2.33. The number of ether oxygens (including phenoxy) is 1. The number of primary amides is 1. The SMILES string of the molecule is CCc1cccc2c(F)c(C(OC(N)=O)C(C)(C)C)cc(B3OC(C)(C)C(C)(C)O3)c12. The van der Waals surface area contributed by atoms with Gasteiger partial charge in [-0.2, -0.15) is 0 Å². The summed E-state index contributed by atoms with van der Waals surface area (Å²) < 4.78 is 33.9. The molecular formula is C24H33BFNO4. The van der Waals surface area contributed by atoms with E-state index < -0.39 is 41.7 Å². The fraction of sp³-hybridized carbons (Fsp3) is 0.542. The Morgan fingerprint density at radius 2 is 1.77 bits per heavy atom. The van der Waals surface area contributed by atoms with Crippen LogP contribution in [0.4, 0.5) is 9.18 Å². The van der Waals surface area contributed by atoms with Gasteiger partial charge in [0.1, 0.15) is 11.9 Å². The Hall–Kier alpha value is -2.12. The van der Waals surface area contributed by atoms with Crippen molar-refractivity contribution in [2.75, 3.05) is 0 Å². The lowest BCUT2D eigenvalue weighted by molar-refractivity contribution is 0.00578. The molecule has 1 amide bonds. The van der Waals surface area contributed by atoms with Crippen LogP contribution in [0.3, 0.4) is 0 Å². The van der Waals surface area contributed by atoms with Crippen LogP contribution in [0.2, 0.25) is 0 Å². The van der Waals surface area contributed by atoms with Crippen LogP contribution in [-0.2, 0) is 20.5 Å². The van der Waals surface area contributed by atoms with Crippen LogP contribution in [0.1, 0.15) is 72.6 Å². The van der Waals surface area contributed by atoms with Crippen LogP contribution in [0, 0.1) is 11.2 Å². The Kier molecular flexibility index (Phi) is 5.91. The Morgan fingerprint density at radius 3 is 2.26 bits per heavy atom. The third-order valence-corrected chi connectivity index (χ3v) is 6.43. The standard InChI is InChI=1S/C24H33BFNO4/c1-9-14-11-10-12-15-18(14)17(25-30-23(5,6)24(7,8)31-25)13-16(19(15)26)20(22(2,3)4)29-21(27)28/h10-13,20H,9H2,1-8H3,(H2,27,28). The molecule has 1 fully saturated rings. The molecule has 2 aromatic rings. The number of benzene rings is 2. The maximum atomic E-state index is 15.9. The summed E-state index contributed by atoms with van der Waals surface area (Å²) in [5, 5.41) is 1.22. The van der Waals surface area contributed by atoms with Crippen molar-refractivity contribution in [3.05, 3.63) is 41.2 Å². The van der Waals surface area contributed by atoms with Gasteiger partial charge in [0.05, 0.1) is 11.2 Å². The number of carbonyl (C=O) groups excluding carboxylic acids is 1. The van der Waals surface area contributed by atoms with E-state index >= 15 is 4.39 Å². The lowest BCUT2D eigenvalue weighted by Crippen LogP contribution is -2.41. The minimum absolute atomic E-state index is 0.261. The highest BCUT2D eigenvalue weighted by molar-refractivity contribution is 6.65. The summed E-state index contributed by atoms with van der Waals surface area (Å²) >= 11 is 0. The average molecular weight is 429 g/mol. The minimum atomic E-state index is -0.945. The molecule has 7 heteroatoms. The average Bonchev–Trinajstić information content (AvgIpc) is 2.86. The number of hydrogen-bond donors (Lipinski definition) is 1. The minimum Gasteiger partial charge on any atom is -0.441 e. The second-order valence-electron chi connectivity index (χ2n) is 10.3. The molecule has 0 spiro atoms. The maximum absolute atomic E-state index is 15.9. The van der Waals surface area contributed by atoms with Gasteiger partial charge >= 0.3 is 13.2 Å². The van der Waals surface area contributed by atoms with E-state index in [1.54, 1.807) is 12.1 Å². The number of aryl methyl sites for hydroxylation is 1. The van der Waals surface area contributed by atoms with Crippen LogP contribution in [0.25, 0.3) is 10.8 Å². The molecule has 1 heterocycles. The van der Waals surface area contributed by atoms with Crippen LogP contribution >= 0.6 is 0 Å². The molecule has 0 bridgehead atoms. The summed E-state index contributed by atoms with van der Waals surface area (Å²) in [7, 11) is -0.686. The highest BCUT2D eigenvalue weighted by Gasteiger charge is 2.52. The lowest BCUT2D eigenvalue weighted by Gasteiger charge is -2.32. The number of nitrogens with two attached hydrogens (primary N) is 1. The smallest absolute Gasteiger partial charge is 0.441 e. The summed E-state index contributed by atoms with van der Waals surface area (Å²) in [6, 6.07) is 7.28. The highest BCUT2D eigenvalue weighted by atomic mass is 19.1. The zero-order valence-electron chi connectivity index (χ0n) is 19.8. The van der Waals surface area contributed by atoms with Crippen molar-refractivity contribution in [1.82, 2.24) is 0 Å². The van der Waals surface area contributed by atoms with Gasteiger partial charge < -0.3 is 19.8 Å². The van der Waals surface area contributed by atoms with Gasteiger partial charge in [0, 0.05) is 16.4 Å². The summed E-state index contributed by atoms with van der Waals surface area (Å²) in [5.74, 6) is -0.424. The number of halogens is 1. The van der Waals surface area contributed by atoms with Crippen LogP contribution in [0.15, 0.2) is 24.3 Å². The van der Waals surface area contributed by atoms with Gasteiger partial charge in [-0.1, -0.05) is 52.0 Å². The fourth-order valence-electron chi connectivity index (χ4n) is 4.05. The van der Waals surface area contributed by atoms with Crippen molar-refractivity contribution in [2.45, 2.75) is 79.1 Å². The molecule has 1 saturated heterocycles. The van der Waals surface area contributed by atoms with Crippen LogP contribution < -0.4 is 11.2 Å². The second kappa shape index (κ2) is 7.78. The van der Waals surface area contributed by atoms with E-state index in [-0.39, 0.29) is 5.56 Å². The van der Waals surface area contributed by atoms with E-state index in [1.807, 2.05) is 67.5 Å². The molecule has 0 aliphatic carbocycles. The van der Waals surface area contributed by atoms with Crippen molar-refractivity contribution in [1.29, 1.82) is 0 Å². The first kappa shape index (κ1) is 23.5. The van der Waals surface area contributed by atoms with Gasteiger partial charge in [-0.15, -0.1) is 0 Å². The Bertz CT molecular complexity index is 997. The van der Waals surface area contributed by atoms with E-state index in [4.69, 9.17) is 19.8 Å². The maximum Gasteiger partial charge on any atom is 0.495 e. The first-order valence-electron chi connectivity index (χ1n) is 10.7. The first-order valence-corrected chi connectivity index (χ1v) is 10.7. The van der Waals surface area contributed by atoms with E-state index in [9.17, 15) is 4.79 Å². The Labute approximate surface area is 184 Å². The molecule has 2 N–H and O–H groups in total. The predicted molar refractivity (Wildman–Crippen MR) is 122 cm³/mol. The van der Waals surface area contributed by atoms with Gasteiger partial charge in [0.15, 0.2) is 0 Å². The molecule has 5 nitrogen and oxygen atoms in total. The fourth-order valence-corrected chi connectivity index (χ4v) is 4.05. The number of carbonyl (C=O) groups is 1. The molecule has 1 atom stereocenters. The molecule has 31 heavy (non-hydrogen) atoms. The normalized spacial score (nSPS) is 18.9.